The van der Waals surface area contributed by atoms with E-state index in [1.807, 2.05) is 30.3 Å². The van der Waals surface area contributed by atoms with E-state index >= 15 is 0 Å². The van der Waals surface area contributed by atoms with Gasteiger partial charge in [0.1, 0.15) is 12.4 Å². The standard InChI is InChI=1S/C12H12N2O2/c15-8-10-6-13-12(14-7-10)9-16-11-4-2-1-3-5-11/h1-7,15H,8-9H2. The second kappa shape index (κ2) is 5.23. The fourth-order valence-electron chi connectivity index (χ4n) is 1.20. The summed E-state index contributed by atoms with van der Waals surface area (Å²) in [5, 5.41) is 8.83. The summed E-state index contributed by atoms with van der Waals surface area (Å²) < 4.78 is 5.48. The molecule has 0 unspecified atom stereocenters. The Hall–Kier alpha value is -1.94. The van der Waals surface area contributed by atoms with Crippen LogP contribution in [-0.2, 0) is 13.2 Å². The first-order chi connectivity index (χ1) is 7.88. The van der Waals surface area contributed by atoms with Crippen molar-refractivity contribution < 1.29 is 9.84 Å². The zero-order valence-corrected chi connectivity index (χ0v) is 8.71. The van der Waals surface area contributed by atoms with Gasteiger partial charge in [-0.05, 0) is 12.1 Å². The van der Waals surface area contributed by atoms with Crippen LogP contribution in [0.15, 0.2) is 42.7 Å². The van der Waals surface area contributed by atoms with Gasteiger partial charge in [-0.25, -0.2) is 9.97 Å². The molecular weight excluding hydrogens is 204 g/mol. The van der Waals surface area contributed by atoms with Crippen molar-refractivity contribution in [2.75, 3.05) is 0 Å². The second-order valence-corrected chi connectivity index (χ2v) is 3.27. The van der Waals surface area contributed by atoms with E-state index in [2.05, 4.69) is 9.97 Å². The van der Waals surface area contributed by atoms with E-state index < -0.39 is 0 Å². The van der Waals surface area contributed by atoms with E-state index in [4.69, 9.17) is 9.84 Å². The van der Waals surface area contributed by atoms with Crippen LogP contribution in [0, 0.1) is 0 Å². The quantitative estimate of drug-likeness (QED) is 0.842. The molecule has 16 heavy (non-hydrogen) atoms. The predicted octanol–water partition coefficient (Wildman–Crippen LogP) is 1.55. The molecule has 0 aliphatic heterocycles. The lowest BCUT2D eigenvalue weighted by Gasteiger charge is -2.04. The molecule has 0 bridgehead atoms. The van der Waals surface area contributed by atoms with Crippen molar-refractivity contribution in [3.05, 3.63) is 54.1 Å². The van der Waals surface area contributed by atoms with Crippen molar-refractivity contribution in [3.63, 3.8) is 0 Å². The van der Waals surface area contributed by atoms with Gasteiger partial charge in [0, 0.05) is 18.0 Å². The minimum absolute atomic E-state index is 0.0418. The molecule has 82 valence electrons. The average molecular weight is 216 g/mol. The Bertz CT molecular complexity index is 429. The highest BCUT2D eigenvalue weighted by Crippen LogP contribution is 2.09. The molecule has 1 aromatic heterocycles. The number of aromatic nitrogens is 2. The maximum Gasteiger partial charge on any atom is 0.166 e. The van der Waals surface area contributed by atoms with Crippen molar-refractivity contribution in [1.29, 1.82) is 0 Å². The Morgan fingerprint density at radius 2 is 1.75 bits per heavy atom. The number of nitrogens with zero attached hydrogens (tertiary/aromatic N) is 2. The van der Waals surface area contributed by atoms with E-state index in [1.165, 1.54) is 0 Å². The molecule has 0 aliphatic rings. The number of benzene rings is 1. The van der Waals surface area contributed by atoms with Gasteiger partial charge in [-0.15, -0.1) is 0 Å². The smallest absolute Gasteiger partial charge is 0.166 e. The molecule has 1 heterocycles. The summed E-state index contributed by atoms with van der Waals surface area (Å²) in [6, 6.07) is 9.50. The molecule has 0 saturated carbocycles. The van der Waals surface area contributed by atoms with Gasteiger partial charge in [0.25, 0.3) is 0 Å². The van der Waals surface area contributed by atoms with E-state index in [0.29, 0.717) is 18.0 Å². The molecule has 0 aliphatic carbocycles. The summed E-state index contributed by atoms with van der Waals surface area (Å²) in [5.41, 5.74) is 0.698. The van der Waals surface area contributed by atoms with Gasteiger partial charge < -0.3 is 9.84 Å². The highest BCUT2D eigenvalue weighted by atomic mass is 16.5. The highest BCUT2D eigenvalue weighted by molar-refractivity contribution is 5.21. The lowest BCUT2D eigenvalue weighted by atomic mass is 10.3. The third-order valence-corrected chi connectivity index (χ3v) is 2.05. The SMILES string of the molecule is OCc1cnc(COc2ccccc2)nc1. The molecule has 1 aromatic carbocycles. The van der Waals surface area contributed by atoms with Crippen LogP contribution in [0.1, 0.15) is 11.4 Å². The lowest BCUT2D eigenvalue weighted by Crippen LogP contribution is -2.01. The number of hydrogen-bond acceptors (Lipinski definition) is 4. The summed E-state index contributed by atoms with van der Waals surface area (Å²) in [4.78, 5) is 8.14. The van der Waals surface area contributed by atoms with E-state index in [0.717, 1.165) is 5.75 Å². The molecule has 2 aromatic rings. The van der Waals surface area contributed by atoms with Gasteiger partial charge >= 0.3 is 0 Å². The highest BCUT2D eigenvalue weighted by Gasteiger charge is 1.98. The van der Waals surface area contributed by atoms with Crippen LogP contribution >= 0.6 is 0 Å². The summed E-state index contributed by atoms with van der Waals surface area (Å²) in [7, 11) is 0. The monoisotopic (exact) mass is 216 g/mol. The van der Waals surface area contributed by atoms with Crippen molar-refractivity contribution >= 4 is 0 Å². The largest absolute Gasteiger partial charge is 0.486 e. The normalized spacial score (nSPS) is 10.1. The fourth-order valence-corrected chi connectivity index (χ4v) is 1.20. The number of aliphatic hydroxyl groups is 1. The van der Waals surface area contributed by atoms with Crippen molar-refractivity contribution in [1.82, 2.24) is 9.97 Å². The third-order valence-electron chi connectivity index (χ3n) is 2.05. The molecule has 0 atom stereocenters. The first kappa shape index (κ1) is 10.6. The number of hydrogen-bond donors (Lipinski definition) is 1. The van der Waals surface area contributed by atoms with Gasteiger partial charge in [-0.1, -0.05) is 18.2 Å². The summed E-state index contributed by atoms with van der Waals surface area (Å²) in [5.74, 6) is 1.39. The van der Waals surface area contributed by atoms with E-state index in [1.54, 1.807) is 12.4 Å². The Kier molecular flexibility index (Phi) is 3.46. The van der Waals surface area contributed by atoms with E-state index in [9.17, 15) is 0 Å². The molecule has 0 spiro atoms. The predicted molar refractivity (Wildman–Crippen MR) is 58.7 cm³/mol. The Morgan fingerprint density at radius 1 is 1.06 bits per heavy atom. The van der Waals surface area contributed by atoms with Crippen molar-refractivity contribution in [2.45, 2.75) is 13.2 Å². The van der Waals surface area contributed by atoms with Crippen LogP contribution < -0.4 is 4.74 Å². The summed E-state index contributed by atoms with van der Waals surface area (Å²) in [6.07, 6.45) is 3.19. The molecule has 0 fully saturated rings. The number of rotatable bonds is 4. The first-order valence-electron chi connectivity index (χ1n) is 4.97. The van der Waals surface area contributed by atoms with Crippen LogP contribution in [0.3, 0.4) is 0 Å². The molecular formula is C12H12N2O2. The van der Waals surface area contributed by atoms with Gasteiger partial charge in [-0.3, -0.25) is 0 Å². The topological polar surface area (TPSA) is 55.2 Å². The second-order valence-electron chi connectivity index (χ2n) is 3.27. The number of ether oxygens (including phenoxy) is 1. The summed E-state index contributed by atoms with van der Waals surface area (Å²) in [6.45, 7) is 0.287. The third kappa shape index (κ3) is 2.77. The van der Waals surface area contributed by atoms with Crippen LogP contribution in [0.2, 0.25) is 0 Å². The van der Waals surface area contributed by atoms with Crippen LogP contribution in [0.4, 0.5) is 0 Å². The number of aliphatic hydroxyl groups excluding tert-OH is 1. The van der Waals surface area contributed by atoms with Crippen molar-refractivity contribution in [2.24, 2.45) is 0 Å². The minimum Gasteiger partial charge on any atom is -0.486 e. The van der Waals surface area contributed by atoms with Gasteiger partial charge in [-0.2, -0.15) is 0 Å². The maximum atomic E-state index is 8.83. The molecule has 1 N–H and O–H groups in total. The zero-order chi connectivity index (χ0) is 11.2. The van der Waals surface area contributed by atoms with Crippen LogP contribution in [-0.4, -0.2) is 15.1 Å². The zero-order valence-electron chi connectivity index (χ0n) is 8.71. The Labute approximate surface area is 93.6 Å². The molecule has 0 amide bonds. The molecule has 0 saturated heterocycles. The van der Waals surface area contributed by atoms with Crippen LogP contribution in [0.25, 0.3) is 0 Å². The van der Waals surface area contributed by atoms with E-state index in [-0.39, 0.29) is 6.61 Å². The first-order valence-corrected chi connectivity index (χ1v) is 4.97. The molecule has 4 nitrogen and oxygen atoms in total. The Balaban J connectivity index is 1.94. The number of para-hydroxylation sites is 1. The molecule has 2 rings (SSSR count). The molecule has 0 radical (unpaired) electrons. The summed E-state index contributed by atoms with van der Waals surface area (Å²) >= 11 is 0. The maximum absolute atomic E-state index is 8.83. The average Bonchev–Trinajstić information content (AvgIpc) is 2.38. The Morgan fingerprint density at radius 3 is 2.38 bits per heavy atom. The minimum atomic E-state index is -0.0418. The van der Waals surface area contributed by atoms with Crippen LogP contribution in [0.5, 0.6) is 5.75 Å². The fraction of sp³-hybridized carbons (Fsp3) is 0.167. The van der Waals surface area contributed by atoms with Gasteiger partial charge in [0.2, 0.25) is 0 Å². The lowest BCUT2D eigenvalue weighted by molar-refractivity contribution is 0.278. The van der Waals surface area contributed by atoms with Gasteiger partial charge in [0.15, 0.2) is 5.82 Å². The van der Waals surface area contributed by atoms with Gasteiger partial charge in [0.05, 0.1) is 6.61 Å². The molecule has 4 heteroatoms. The van der Waals surface area contributed by atoms with Crippen molar-refractivity contribution in [3.8, 4) is 5.75 Å².